The zero-order chi connectivity index (χ0) is 20.4. The molecular formula is C24H24N2O3. The molecule has 3 aromatic rings. The summed E-state index contributed by atoms with van der Waals surface area (Å²) in [6, 6.07) is 17.3. The molecule has 0 saturated heterocycles. The third-order valence-corrected chi connectivity index (χ3v) is 5.40. The van der Waals surface area contributed by atoms with Crippen LogP contribution in [-0.2, 0) is 16.0 Å². The number of aromatic nitrogens is 1. The lowest BCUT2D eigenvalue weighted by atomic mass is 9.87. The van der Waals surface area contributed by atoms with Crippen molar-refractivity contribution in [3.05, 3.63) is 77.0 Å². The SMILES string of the molecule is Cc1cc(C(=O)O[C@@H](C)C(=O)N[C@@H]2CCCc3ccccc32)c2ccccc2n1. The second-order valence-electron chi connectivity index (χ2n) is 7.53. The third kappa shape index (κ3) is 3.99. The molecule has 1 aromatic heterocycles. The smallest absolute Gasteiger partial charge is 0.339 e. The molecule has 5 nitrogen and oxygen atoms in total. The average Bonchev–Trinajstić information content (AvgIpc) is 2.73. The zero-order valence-corrected chi connectivity index (χ0v) is 16.6. The number of esters is 1. The Kier molecular flexibility index (Phi) is 5.30. The van der Waals surface area contributed by atoms with Gasteiger partial charge in [-0.2, -0.15) is 0 Å². The molecule has 2 aromatic carbocycles. The lowest BCUT2D eigenvalue weighted by molar-refractivity contribution is -0.130. The standard InChI is InChI=1S/C24H24N2O3/c1-15-14-20(19-11-5-6-12-22(19)25-15)24(28)29-16(2)23(27)26-21-13-7-9-17-8-3-4-10-18(17)21/h3-6,8,10-12,14,16,21H,7,9,13H2,1-2H3,(H,26,27)/t16-,21+/m0/s1. The van der Waals surface area contributed by atoms with Gasteiger partial charge in [-0.3, -0.25) is 9.78 Å². The summed E-state index contributed by atoms with van der Waals surface area (Å²) in [5.41, 5.74) is 4.31. The van der Waals surface area contributed by atoms with Gasteiger partial charge in [0.2, 0.25) is 0 Å². The first-order valence-electron chi connectivity index (χ1n) is 9.98. The molecule has 0 unspecified atom stereocenters. The summed E-state index contributed by atoms with van der Waals surface area (Å²) in [4.78, 5) is 29.9. The van der Waals surface area contributed by atoms with Crippen LogP contribution in [0, 0.1) is 6.92 Å². The van der Waals surface area contributed by atoms with Crippen LogP contribution in [0.5, 0.6) is 0 Å². The molecule has 1 aliphatic carbocycles. The number of nitrogens with zero attached hydrogens (tertiary/aromatic N) is 1. The van der Waals surface area contributed by atoms with E-state index >= 15 is 0 Å². The molecular weight excluding hydrogens is 364 g/mol. The second kappa shape index (κ2) is 8.03. The van der Waals surface area contributed by atoms with Crippen LogP contribution >= 0.6 is 0 Å². The van der Waals surface area contributed by atoms with E-state index in [0.717, 1.165) is 41.4 Å². The van der Waals surface area contributed by atoms with E-state index in [1.807, 2.05) is 43.3 Å². The number of carbonyl (C=O) groups excluding carboxylic acids is 2. The van der Waals surface area contributed by atoms with Crippen molar-refractivity contribution in [3.63, 3.8) is 0 Å². The number of rotatable bonds is 4. The van der Waals surface area contributed by atoms with Crippen LogP contribution in [0.1, 0.15) is 53.0 Å². The lowest BCUT2D eigenvalue weighted by Gasteiger charge is -2.27. The van der Waals surface area contributed by atoms with Gasteiger partial charge in [-0.1, -0.05) is 42.5 Å². The van der Waals surface area contributed by atoms with Gasteiger partial charge < -0.3 is 10.1 Å². The van der Waals surface area contributed by atoms with Crippen LogP contribution in [0.2, 0.25) is 0 Å². The summed E-state index contributed by atoms with van der Waals surface area (Å²) in [6.07, 6.45) is 2.06. The molecule has 5 heteroatoms. The number of nitrogens with one attached hydrogen (secondary N) is 1. The summed E-state index contributed by atoms with van der Waals surface area (Å²) >= 11 is 0. The van der Waals surface area contributed by atoms with Crippen molar-refractivity contribution in [2.45, 2.75) is 45.3 Å². The van der Waals surface area contributed by atoms with Gasteiger partial charge in [-0.25, -0.2) is 4.79 Å². The molecule has 1 amide bonds. The number of para-hydroxylation sites is 1. The fourth-order valence-electron chi connectivity index (χ4n) is 3.95. The van der Waals surface area contributed by atoms with Crippen molar-refractivity contribution < 1.29 is 14.3 Å². The van der Waals surface area contributed by atoms with Gasteiger partial charge in [0, 0.05) is 11.1 Å². The van der Waals surface area contributed by atoms with Crippen molar-refractivity contribution in [1.29, 1.82) is 0 Å². The molecule has 0 spiro atoms. The Hall–Kier alpha value is -3.21. The summed E-state index contributed by atoms with van der Waals surface area (Å²) in [5, 5.41) is 3.77. The van der Waals surface area contributed by atoms with Crippen LogP contribution in [0.15, 0.2) is 54.6 Å². The molecule has 148 valence electrons. The number of hydrogen-bond donors (Lipinski definition) is 1. The number of aryl methyl sites for hydroxylation is 2. The number of fused-ring (bicyclic) bond motifs is 2. The first kappa shape index (κ1) is 19.1. The highest BCUT2D eigenvalue weighted by Gasteiger charge is 2.26. The molecule has 1 aliphatic rings. The molecule has 0 bridgehead atoms. The first-order chi connectivity index (χ1) is 14.0. The van der Waals surface area contributed by atoms with E-state index in [4.69, 9.17) is 4.74 Å². The fraction of sp³-hybridized carbons (Fsp3) is 0.292. The van der Waals surface area contributed by atoms with E-state index < -0.39 is 12.1 Å². The minimum absolute atomic E-state index is 0.0439. The quantitative estimate of drug-likeness (QED) is 0.677. The van der Waals surface area contributed by atoms with Gasteiger partial charge in [-0.05, 0) is 56.4 Å². The van der Waals surface area contributed by atoms with Crippen LogP contribution in [0.25, 0.3) is 10.9 Å². The number of benzene rings is 2. The molecule has 2 atom stereocenters. The van der Waals surface area contributed by atoms with Gasteiger partial charge in [0.25, 0.3) is 5.91 Å². The molecule has 0 fully saturated rings. The first-order valence-corrected chi connectivity index (χ1v) is 9.98. The Balaban J connectivity index is 1.48. The van der Waals surface area contributed by atoms with E-state index in [1.165, 1.54) is 5.56 Å². The van der Waals surface area contributed by atoms with Gasteiger partial charge in [0.15, 0.2) is 6.10 Å². The Morgan fingerprint density at radius 1 is 1.14 bits per heavy atom. The van der Waals surface area contributed by atoms with Gasteiger partial charge in [0.05, 0.1) is 17.1 Å². The highest BCUT2D eigenvalue weighted by molar-refractivity contribution is 6.04. The monoisotopic (exact) mass is 388 g/mol. The van der Waals surface area contributed by atoms with Gasteiger partial charge in [-0.15, -0.1) is 0 Å². The number of pyridine rings is 1. The average molecular weight is 388 g/mol. The maximum Gasteiger partial charge on any atom is 0.339 e. The minimum atomic E-state index is -0.885. The molecule has 0 radical (unpaired) electrons. The molecule has 0 saturated carbocycles. The van der Waals surface area contributed by atoms with Crippen LogP contribution in [0.3, 0.4) is 0 Å². The molecule has 0 aliphatic heterocycles. The van der Waals surface area contributed by atoms with Crippen LogP contribution < -0.4 is 5.32 Å². The Labute approximate surface area is 170 Å². The zero-order valence-electron chi connectivity index (χ0n) is 16.6. The Morgan fingerprint density at radius 3 is 2.76 bits per heavy atom. The highest BCUT2D eigenvalue weighted by Crippen LogP contribution is 2.29. The van der Waals surface area contributed by atoms with Crippen molar-refractivity contribution >= 4 is 22.8 Å². The van der Waals surface area contributed by atoms with E-state index in [-0.39, 0.29) is 11.9 Å². The second-order valence-corrected chi connectivity index (χ2v) is 7.53. The summed E-state index contributed by atoms with van der Waals surface area (Å²) in [5.74, 6) is -0.798. The number of ether oxygens (including phenoxy) is 1. The third-order valence-electron chi connectivity index (χ3n) is 5.40. The number of amides is 1. The maximum atomic E-state index is 12.8. The highest BCUT2D eigenvalue weighted by atomic mass is 16.5. The minimum Gasteiger partial charge on any atom is -0.449 e. The van der Waals surface area contributed by atoms with Crippen molar-refractivity contribution in [2.24, 2.45) is 0 Å². The van der Waals surface area contributed by atoms with Gasteiger partial charge in [0.1, 0.15) is 0 Å². The molecule has 1 N–H and O–H groups in total. The molecule has 29 heavy (non-hydrogen) atoms. The number of hydrogen-bond acceptors (Lipinski definition) is 4. The van der Waals surface area contributed by atoms with Crippen LogP contribution in [0.4, 0.5) is 0 Å². The predicted octanol–water partition coefficient (Wildman–Crippen LogP) is 4.28. The Morgan fingerprint density at radius 2 is 1.90 bits per heavy atom. The van der Waals surface area contributed by atoms with Crippen LogP contribution in [-0.4, -0.2) is 23.0 Å². The largest absolute Gasteiger partial charge is 0.449 e. The summed E-state index contributed by atoms with van der Waals surface area (Å²) in [6.45, 7) is 3.44. The van der Waals surface area contributed by atoms with E-state index in [0.29, 0.717) is 5.56 Å². The predicted molar refractivity (Wildman–Crippen MR) is 112 cm³/mol. The van der Waals surface area contributed by atoms with E-state index in [1.54, 1.807) is 13.0 Å². The Bertz CT molecular complexity index is 1080. The molecule has 4 rings (SSSR count). The van der Waals surface area contributed by atoms with Crippen molar-refractivity contribution in [1.82, 2.24) is 10.3 Å². The summed E-state index contributed by atoms with van der Waals surface area (Å²) in [7, 11) is 0. The topological polar surface area (TPSA) is 68.3 Å². The van der Waals surface area contributed by atoms with Crippen molar-refractivity contribution in [2.75, 3.05) is 0 Å². The fourth-order valence-corrected chi connectivity index (χ4v) is 3.95. The maximum absolute atomic E-state index is 12.8. The van der Waals surface area contributed by atoms with Gasteiger partial charge >= 0.3 is 5.97 Å². The van der Waals surface area contributed by atoms with E-state index in [2.05, 4.69) is 22.4 Å². The number of carbonyl (C=O) groups is 2. The normalized spacial score (nSPS) is 16.7. The lowest BCUT2D eigenvalue weighted by Crippen LogP contribution is -2.39. The summed E-state index contributed by atoms with van der Waals surface area (Å²) < 4.78 is 5.51. The van der Waals surface area contributed by atoms with Crippen molar-refractivity contribution in [3.8, 4) is 0 Å². The van der Waals surface area contributed by atoms with E-state index in [9.17, 15) is 9.59 Å². The molecule has 1 heterocycles.